The third kappa shape index (κ3) is 3.61. The van der Waals surface area contributed by atoms with Crippen LogP contribution in [0.3, 0.4) is 0 Å². The van der Waals surface area contributed by atoms with Gasteiger partial charge in [0.15, 0.2) is 0 Å². The van der Waals surface area contributed by atoms with Crippen LogP contribution < -0.4 is 10.0 Å². The Hall–Kier alpha value is -2.71. The first-order valence-corrected chi connectivity index (χ1v) is 11.6. The summed E-state index contributed by atoms with van der Waals surface area (Å²) < 4.78 is 28.2. The number of benzene rings is 2. The van der Waals surface area contributed by atoms with Gasteiger partial charge in [-0.25, -0.2) is 13.1 Å². The third-order valence-electron chi connectivity index (χ3n) is 6.08. The number of anilines is 1. The second-order valence-electron chi connectivity index (χ2n) is 7.97. The quantitative estimate of drug-likeness (QED) is 0.402. The van der Waals surface area contributed by atoms with Crippen LogP contribution in [0.1, 0.15) is 49.8 Å². The molecule has 158 valence electrons. The van der Waals surface area contributed by atoms with E-state index in [0.717, 1.165) is 17.7 Å². The van der Waals surface area contributed by atoms with Crippen molar-refractivity contribution in [1.82, 2.24) is 4.72 Å². The highest BCUT2D eigenvalue weighted by Gasteiger charge is 2.40. The SMILES string of the molecule is CCC(C)NS(=O)(=O)c1ccc2c(c1)C1C=CCC1C(c1ccccc1[N+](=O)[O-])N2. The van der Waals surface area contributed by atoms with Gasteiger partial charge in [-0.3, -0.25) is 10.1 Å². The molecule has 0 radical (unpaired) electrons. The molecule has 0 bridgehead atoms. The number of hydrogen-bond donors (Lipinski definition) is 2. The zero-order chi connectivity index (χ0) is 21.5. The number of hydrogen-bond acceptors (Lipinski definition) is 5. The molecule has 30 heavy (non-hydrogen) atoms. The molecule has 0 saturated carbocycles. The molecular weight excluding hydrogens is 402 g/mol. The lowest BCUT2D eigenvalue weighted by molar-refractivity contribution is -0.385. The molecule has 2 aliphatic rings. The molecule has 1 heterocycles. The van der Waals surface area contributed by atoms with Crippen LogP contribution in [-0.4, -0.2) is 19.4 Å². The largest absolute Gasteiger partial charge is 0.377 e. The summed E-state index contributed by atoms with van der Waals surface area (Å²) in [5, 5.41) is 15.0. The molecule has 0 saturated heterocycles. The van der Waals surface area contributed by atoms with Crippen LogP contribution in [0.25, 0.3) is 0 Å². The Bertz CT molecular complexity index is 1110. The number of nitrogens with zero attached hydrogens (tertiary/aromatic N) is 1. The van der Waals surface area contributed by atoms with Crippen molar-refractivity contribution in [1.29, 1.82) is 0 Å². The van der Waals surface area contributed by atoms with Crippen molar-refractivity contribution in [2.45, 2.75) is 49.6 Å². The number of nitro benzene ring substituents is 1. The van der Waals surface area contributed by atoms with Crippen molar-refractivity contribution >= 4 is 21.4 Å². The lowest BCUT2D eigenvalue weighted by Crippen LogP contribution is -2.33. The maximum atomic E-state index is 12.8. The molecule has 0 spiro atoms. The summed E-state index contributed by atoms with van der Waals surface area (Å²) in [5.74, 6) is 0.0869. The van der Waals surface area contributed by atoms with Crippen molar-refractivity contribution in [3.05, 3.63) is 75.9 Å². The molecule has 7 nitrogen and oxygen atoms in total. The van der Waals surface area contributed by atoms with E-state index in [2.05, 4.69) is 22.2 Å². The fourth-order valence-electron chi connectivity index (χ4n) is 4.38. The average molecular weight is 428 g/mol. The summed E-state index contributed by atoms with van der Waals surface area (Å²) in [4.78, 5) is 11.5. The normalized spacial score (nSPS) is 23.3. The van der Waals surface area contributed by atoms with Gasteiger partial charge in [-0.05, 0) is 49.4 Å². The molecular formula is C22H25N3O4S. The first kappa shape index (κ1) is 20.6. The first-order chi connectivity index (χ1) is 14.3. The van der Waals surface area contributed by atoms with Gasteiger partial charge in [0.2, 0.25) is 10.0 Å². The second-order valence-corrected chi connectivity index (χ2v) is 9.69. The van der Waals surface area contributed by atoms with Crippen LogP contribution in [-0.2, 0) is 10.0 Å². The van der Waals surface area contributed by atoms with E-state index in [1.165, 1.54) is 6.07 Å². The van der Waals surface area contributed by atoms with E-state index < -0.39 is 10.0 Å². The standard InChI is InChI=1S/C22H25N3O4S/c1-3-14(2)24-30(28,29)15-11-12-20-19(13-15)16-8-6-9-17(16)22(23-20)18-7-4-5-10-21(18)25(26)27/h4-8,10-14,16-17,22-24H,3,9H2,1-2H3. The van der Waals surface area contributed by atoms with Gasteiger partial charge in [-0.15, -0.1) is 0 Å². The predicted molar refractivity (Wildman–Crippen MR) is 116 cm³/mol. The lowest BCUT2D eigenvalue weighted by atomic mass is 9.76. The topological polar surface area (TPSA) is 101 Å². The Morgan fingerprint density at radius 2 is 2.00 bits per heavy atom. The molecule has 4 atom stereocenters. The summed E-state index contributed by atoms with van der Waals surface area (Å²) in [7, 11) is -3.61. The minimum atomic E-state index is -3.61. The number of sulfonamides is 1. The van der Waals surface area contributed by atoms with Crippen molar-refractivity contribution in [3.63, 3.8) is 0 Å². The minimum absolute atomic E-state index is 0.00445. The van der Waals surface area contributed by atoms with Crippen LogP contribution >= 0.6 is 0 Å². The second kappa shape index (κ2) is 7.85. The van der Waals surface area contributed by atoms with Crippen LogP contribution in [0.4, 0.5) is 11.4 Å². The van der Waals surface area contributed by atoms with Crippen LogP contribution in [0.15, 0.2) is 59.5 Å². The zero-order valence-corrected chi connectivity index (χ0v) is 17.7. The molecule has 2 aromatic rings. The van der Waals surface area contributed by atoms with Gasteiger partial charge in [-0.2, -0.15) is 0 Å². The summed E-state index contributed by atoms with van der Waals surface area (Å²) >= 11 is 0. The van der Waals surface area contributed by atoms with E-state index >= 15 is 0 Å². The van der Waals surface area contributed by atoms with Crippen LogP contribution in [0.5, 0.6) is 0 Å². The fourth-order valence-corrected chi connectivity index (χ4v) is 5.74. The van der Waals surface area contributed by atoms with Crippen LogP contribution in [0, 0.1) is 16.0 Å². The molecule has 4 rings (SSSR count). The molecule has 1 aliphatic carbocycles. The van der Waals surface area contributed by atoms with Gasteiger partial charge in [0.05, 0.1) is 21.4 Å². The molecule has 1 aliphatic heterocycles. The van der Waals surface area contributed by atoms with E-state index in [1.54, 1.807) is 30.3 Å². The highest BCUT2D eigenvalue weighted by molar-refractivity contribution is 7.89. The Balaban J connectivity index is 1.74. The lowest BCUT2D eigenvalue weighted by Gasteiger charge is -2.37. The molecule has 0 amide bonds. The summed E-state index contributed by atoms with van der Waals surface area (Å²) in [5.41, 5.74) is 2.48. The van der Waals surface area contributed by atoms with E-state index in [1.807, 2.05) is 19.9 Å². The number of nitro groups is 1. The number of rotatable bonds is 6. The van der Waals surface area contributed by atoms with Crippen molar-refractivity contribution in [3.8, 4) is 0 Å². The van der Waals surface area contributed by atoms with E-state index in [0.29, 0.717) is 12.0 Å². The van der Waals surface area contributed by atoms with E-state index in [-0.39, 0.29) is 39.4 Å². The maximum absolute atomic E-state index is 12.8. The average Bonchev–Trinajstić information content (AvgIpc) is 3.22. The maximum Gasteiger partial charge on any atom is 0.274 e. The summed E-state index contributed by atoms with van der Waals surface area (Å²) in [6.45, 7) is 3.77. The highest BCUT2D eigenvalue weighted by atomic mass is 32.2. The first-order valence-electron chi connectivity index (χ1n) is 10.1. The smallest absolute Gasteiger partial charge is 0.274 e. The van der Waals surface area contributed by atoms with Gasteiger partial charge < -0.3 is 5.32 Å². The van der Waals surface area contributed by atoms with Gasteiger partial charge >= 0.3 is 0 Å². The molecule has 4 unspecified atom stereocenters. The number of nitrogens with one attached hydrogen (secondary N) is 2. The number of fused-ring (bicyclic) bond motifs is 3. The summed E-state index contributed by atoms with van der Waals surface area (Å²) in [6.07, 6.45) is 5.64. The predicted octanol–water partition coefficient (Wildman–Crippen LogP) is 4.50. The Kier molecular flexibility index (Phi) is 5.38. The minimum Gasteiger partial charge on any atom is -0.377 e. The van der Waals surface area contributed by atoms with Crippen molar-refractivity contribution in [2.75, 3.05) is 5.32 Å². The van der Waals surface area contributed by atoms with Crippen LogP contribution in [0.2, 0.25) is 0 Å². The molecule has 0 fully saturated rings. The highest BCUT2D eigenvalue weighted by Crippen LogP contribution is 2.51. The molecule has 2 aromatic carbocycles. The zero-order valence-electron chi connectivity index (χ0n) is 16.9. The van der Waals surface area contributed by atoms with E-state index in [9.17, 15) is 18.5 Å². The number of allylic oxidation sites excluding steroid dienone is 2. The fraction of sp³-hybridized carbons (Fsp3) is 0.364. The Morgan fingerprint density at radius 3 is 2.73 bits per heavy atom. The Morgan fingerprint density at radius 1 is 1.23 bits per heavy atom. The van der Waals surface area contributed by atoms with Gasteiger partial charge in [0.25, 0.3) is 5.69 Å². The van der Waals surface area contributed by atoms with E-state index in [4.69, 9.17) is 0 Å². The Labute approximate surface area is 176 Å². The monoisotopic (exact) mass is 427 g/mol. The van der Waals surface area contributed by atoms with Gasteiger partial charge in [0.1, 0.15) is 0 Å². The van der Waals surface area contributed by atoms with Crippen molar-refractivity contribution < 1.29 is 13.3 Å². The van der Waals surface area contributed by atoms with Gasteiger partial charge in [-0.1, -0.05) is 37.3 Å². The molecule has 0 aromatic heterocycles. The third-order valence-corrected chi connectivity index (χ3v) is 7.67. The summed E-state index contributed by atoms with van der Waals surface area (Å²) in [6, 6.07) is 11.5. The van der Waals surface area contributed by atoms with Crippen molar-refractivity contribution in [2.24, 2.45) is 5.92 Å². The molecule has 8 heteroatoms. The molecule has 2 N–H and O–H groups in total. The van der Waals surface area contributed by atoms with Gasteiger partial charge in [0, 0.05) is 23.7 Å². The number of para-hydroxylation sites is 1.